The quantitative estimate of drug-likeness (QED) is 0.945. The molecule has 0 radical (unpaired) electrons. The maximum Gasteiger partial charge on any atom is 0.223 e. The standard InChI is InChI=1S/C19H21NO2/c1-13-7-6-10-15(11-13)19(22)18-16(12-17(21)20(18)2)14-8-4-3-5-9-14/h3-11,16,18-19,22H,12H2,1-2H3/t16-,18-,19+/m1/s1. The number of hydrogen-bond acceptors (Lipinski definition) is 2. The molecule has 0 spiro atoms. The highest BCUT2D eigenvalue weighted by Crippen LogP contribution is 2.39. The number of benzene rings is 2. The summed E-state index contributed by atoms with van der Waals surface area (Å²) in [5.41, 5.74) is 3.09. The normalized spacial score (nSPS) is 22.9. The molecule has 0 saturated carbocycles. The highest BCUT2D eigenvalue weighted by Gasteiger charge is 2.42. The van der Waals surface area contributed by atoms with Gasteiger partial charge in [-0.25, -0.2) is 0 Å². The Balaban J connectivity index is 1.96. The molecule has 3 nitrogen and oxygen atoms in total. The molecule has 114 valence electrons. The predicted octanol–water partition coefficient (Wildman–Crippen LogP) is 3.04. The minimum absolute atomic E-state index is 0.0224. The molecule has 0 aliphatic carbocycles. The van der Waals surface area contributed by atoms with E-state index in [1.807, 2.05) is 61.5 Å². The number of aryl methyl sites for hydroxylation is 1. The van der Waals surface area contributed by atoms with Gasteiger partial charge in [0.1, 0.15) is 0 Å². The average Bonchev–Trinajstić information content (AvgIpc) is 2.83. The van der Waals surface area contributed by atoms with Gasteiger partial charge in [-0.2, -0.15) is 0 Å². The monoisotopic (exact) mass is 295 g/mol. The van der Waals surface area contributed by atoms with Gasteiger partial charge in [0.05, 0.1) is 12.1 Å². The number of likely N-dealkylation sites (tertiary alicyclic amines) is 1. The molecular formula is C19H21NO2. The number of aliphatic hydroxyl groups excluding tert-OH is 1. The Labute approximate surface area is 131 Å². The first-order chi connectivity index (χ1) is 10.6. The van der Waals surface area contributed by atoms with Crippen molar-refractivity contribution in [1.29, 1.82) is 0 Å². The van der Waals surface area contributed by atoms with Crippen LogP contribution in [-0.2, 0) is 4.79 Å². The van der Waals surface area contributed by atoms with E-state index in [-0.39, 0.29) is 17.9 Å². The molecule has 1 aliphatic heterocycles. The third kappa shape index (κ3) is 2.64. The van der Waals surface area contributed by atoms with Crippen molar-refractivity contribution in [2.45, 2.75) is 31.4 Å². The van der Waals surface area contributed by atoms with E-state index in [4.69, 9.17) is 0 Å². The lowest BCUT2D eigenvalue weighted by Crippen LogP contribution is -2.36. The molecule has 22 heavy (non-hydrogen) atoms. The molecule has 3 rings (SSSR count). The van der Waals surface area contributed by atoms with Crippen molar-refractivity contribution in [1.82, 2.24) is 4.90 Å². The van der Waals surface area contributed by atoms with Gasteiger partial charge < -0.3 is 10.0 Å². The maximum atomic E-state index is 12.2. The summed E-state index contributed by atoms with van der Waals surface area (Å²) in [5, 5.41) is 10.9. The third-order valence-corrected chi connectivity index (χ3v) is 4.58. The fourth-order valence-corrected chi connectivity index (χ4v) is 3.39. The number of hydrogen-bond donors (Lipinski definition) is 1. The summed E-state index contributed by atoms with van der Waals surface area (Å²) in [6.07, 6.45) is -0.227. The van der Waals surface area contributed by atoms with Crippen LogP contribution in [0.3, 0.4) is 0 Å². The van der Waals surface area contributed by atoms with E-state index in [2.05, 4.69) is 0 Å². The Hall–Kier alpha value is -2.13. The number of nitrogens with zero attached hydrogens (tertiary/aromatic N) is 1. The predicted molar refractivity (Wildman–Crippen MR) is 86.5 cm³/mol. The summed E-state index contributed by atoms with van der Waals surface area (Å²) in [6, 6.07) is 17.6. The summed E-state index contributed by atoms with van der Waals surface area (Å²) >= 11 is 0. The van der Waals surface area contributed by atoms with Crippen LogP contribution in [0.2, 0.25) is 0 Å². The number of rotatable bonds is 3. The molecule has 1 aliphatic rings. The molecular weight excluding hydrogens is 274 g/mol. The van der Waals surface area contributed by atoms with E-state index in [0.29, 0.717) is 6.42 Å². The van der Waals surface area contributed by atoms with E-state index in [9.17, 15) is 9.90 Å². The number of aliphatic hydroxyl groups is 1. The van der Waals surface area contributed by atoms with Crippen LogP contribution in [0.15, 0.2) is 54.6 Å². The molecule has 0 unspecified atom stereocenters. The molecule has 1 saturated heterocycles. The highest BCUT2D eigenvalue weighted by molar-refractivity contribution is 5.80. The Kier molecular flexibility index (Phi) is 3.99. The van der Waals surface area contributed by atoms with Crippen LogP contribution in [0.25, 0.3) is 0 Å². The summed E-state index contributed by atoms with van der Waals surface area (Å²) in [4.78, 5) is 13.9. The highest BCUT2D eigenvalue weighted by atomic mass is 16.3. The van der Waals surface area contributed by atoms with E-state index in [1.54, 1.807) is 11.9 Å². The van der Waals surface area contributed by atoms with Crippen LogP contribution in [0.4, 0.5) is 0 Å². The van der Waals surface area contributed by atoms with Gasteiger partial charge in [0.15, 0.2) is 0 Å². The zero-order chi connectivity index (χ0) is 15.7. The van der Waals surface area contributed by atoms with Gasteiger partial charge in [-0.1, -0.05) is 60.2 Å². The maximum absolute atomic E-state index is 12.2. The molecule has 3 atom stereocenters. The molecule has 3 heteroatoms. The topological polar surface area (TPSA) is 40.5 Å². The minimum Gasteiger partial charge on any atom is -0.386 e. The second kappa shape index (κ2) is 5.93. The summed E-state index contributed by atoms with van der Waals surface area (Å²) in [7, 11) is 1.79. The van der Waals surface area contributed by atoms with Crippen LogP contribution in [0.1, 0.15) is 35.1 Å². The van der Waals surface area contributed by atoms with Crippen LogP contribution < -0.4 is 0 Å². The molecule has 0 bridgehead atoms. The number of likely N-dealkylation sites (N-methyl/N-ethyl adjacent to an activating group) is 1. The van der Waals surface area contributed by atoms with Crippen LogP contribution in [0.5, 0.6) is 0 Å². The van der Waals surface area contributed by atoms with E-state index in [1.165, 1.54) is 0 Å². The SMILES string of the molecule is Cc1cccc([C@H](O)[C@H]2[C@@H](c3ccccc3)CC(=O)N2C)c1. The number of carbonyl (C=O) groups excluding carboxylic acids is 1. The van der Waals surface area contributed by atoms with Gasteiger partial charge in [0.2, 0.25) is 5.91 Å². The van der Waals surface area contributed by atoms with E-state index < -0.39 is 6.10 Å². The zero-order valence-electron chi connectivity index (χ0n) is 12.9. The molecule has 0 aromatic heterocycles. The van der Waals surface area contributed by atoms with Crippen LogP contribution in [0, 0.1) is 6.92 Å². The lowest BCUT2D eigenvalue weighted by Gasteiger charge is -2.30. The minimum atomic E-state index is -0.679. The second-order valence-corrected chi connectivity index (χ2v) is 6.08. The van der Waals surface area contributed by atoms with Gasteiger partial charge in [-0.15, -0.1) is 0 Å². The van der Waals surface area contributed by atoms with E-state index >= 15 is 0 Å². The zero-order valence-corrected chi connectivity index (χ0v) is 12.9. The Morgan fingerprint density at radius 3 is 2.55 bits per heavy atom. The molecule has 1 heterocycles. The van der Waals surface area contributed by atoms with Crippen molar-refractivity contribution >= 4 is 5.91 Å². The summed E-state index contributed by atoms with van der Waals surface area (Å²) < 4.78 is 0. The van der Waals surface area contributed by atoms with Gasteiger partial charge in [-0.05, 0) is 18.1 Å². The van der Waals surface area contributed by atoms with Gasteiger partial charge in [-0.3, -0.25) is 4.79 Å². The van der Waals surface area contributed by atoms with Crippen molar-refractivity contribution in [2.24, 2.45) is 0 Å². The fraction of sp³-hybridized carbons (Fsp3) is 0.316. The third-order valence-electron chi connectivity index (χ3n) is 4.58. The summed E-state index contributed by atoms with van der Waals surface area (Å²) in [6.45, 7) is 2.01. The van der Waals surface area contributed by atoms with Crippen molar-refractivity contribution in [3.05, 3.63) is 71.3 Å². The molecule has 1 amide bonds. The van der Waals surface area contributed by atoms with Crippen LogP contribution in [-0.4, -0.2) is 29.0 Å². The van der Waals surface area contributed by atoms with Gasteiger partial charge in [0.25, 0.3) is 0 Å². The smallest absolute Gasteiger partial charge is 0.223 e. The van der Waals surface area contributed by atoms with Crippen molar-refractivity contribution < 1.29 is 9.90 Å². The van der Waals surface area contributed by atoms with E-state index in [0.717, 1.165) is 16.7 Å². The van der Waals surface area contributed by atoms with Crippen LogP contribution >= 0.6 is 0 Å². The lowest BCUT2D eigenvalue weighted by atomic mass is 9.86. The molecule has 1 N–H and O–H groups in total. The summed E-state index contributed by atoms with van der Waals surface area (Å²) in [5.74, 6) is 0.111. The fourth-order valence-electron chi connectivity index (χ4n) is 3.39. The lowest BCUT2D eigenvalue weighted by molar-refractivity contribution is -0.128. The van der Waals surface area contributed by atoms with Crippen molar-refractivity contribution in [3.63, 3.8) is 0 Å². The number of carbonyl (C=O) groups is 1. The Bertz CT molecular complexity index is 668. The number of amides is 1. The molecule has 1 fully saturated rings. The Morgan fingerprint density at radius 1 is 1.14 bits per heavy atom. The largest absolute Gasteiger partial charge is 0.386 e. The van der Waals surface area contributed by atoms with Crippen molar-refractivity contribution in [3.8, 4) is 0 Å². The second-order valence-electron chi connectivity index (χ2n) is 6.08. The molecule has 2 aromatic carbocycles. The average molecular weight is 295 g/mol. The first-order valence-corrected chi connectivity index (χ1v) is 7.63. The first-order valence-electron chi connectivity index (χ1n) is 7.63. The Morgan fingerprint density at radius 2 is 1.86 bits per heavy atom. The molecule has 2 aromatic rings. The van der Waals surface area contributed by atoms with Gasteiger partial charge >= 0.3 is 0 Å². The van der Waals surface area contributed by atoms with Gasteiger partial charge in [0, 0.05) is 19.4 Å². The first kappa shape index (κ1) is 14.8. The van der Waals surface area contributed by atoms with Crippen molar-refractivity contribution in [2.75, 3.05) is 7.05 Å².